The number of aromatic carboxylic acids is 1. The maximum atomic E-state index is 13.1. The maximum absolute atomic E-state index is 13.1. The molecule has 23 heavy (non-hydrogen) atoms. The number of ether oxygens (including phenoxy) is 1. The quantitative estimate of drug-likeness (QED) is 0.272. The third-order valence-corrected chi connectivity index (χ3v) is 3.81. The van der Waals surface area contributed by atoms with Gasteiger partial charge in [-0.3, -0.25) is 0 Å². The van der Waals surface area contributed by atoms with E-state index >= 15 is 0 Å². The second kappa shape index (κ2) is 8.95. The number of carboxylic acid groups (broad SMARTS) is 1. The molecule has 0 heterocycles. The molecule has 0 fully saturated rings. The zero-order valence-corrected chi connectivity index (χ0v) is 14.6. The summed E-state index contributed by atoms with van der Waals surface area (Å²) in [5.41, 5.74) is 0.818. The van der Waals surface area contributed by atoms with Crippen LogP contribution < -0.4 is 5.11 Å². The minimum Gasteiger partial charge on any atom is -0.545 e. The molecule has 0 radical (unpaired) electrons. The molecule has 0 aliphatic heterocycles. The van der Waals surface area contributed by atoms with Gasteiger partial charge in [0.1, 0.15) is 0 Å². The average molecular weight is 437 g/mol. The number of carbonyl (C=O) groups excluding carboxylic acids is 2. The molecule has 0 N–H and O–H groups in total. The average Bonchev–Trinajstić information content (AvgIpc) is 2.50. The third-order valence-electron chi connectivity index (χ3n) is 3.14. The number of unbranched alkanes of at least 4 members (excludes halogenated alkanes) is 2. The summed E-state index contributed by atoms with van der Waals surface area (Å²) in [6, 6.07) is 5.08. The summed E-state index contributed by atoms with van der Waals surface area (Å²) in [6.45, 7) is 0. The molecule has 7 heteroatoms. The van der Waals surface area contributed by atoms with E-state index < -0.39 is 17.9 Å². The normalized spacial score (nSPS) is 11.7. The zero-order valence-electron chi connectivity index (χ0n) is 12.5. The number of esters is 1. The van der Waals surface area contributed by atoms with Crippen LogP contribution in [0.2, 0.25) is 0 Å². The molecule has 0 atom stereocenters. The van der Waals surface area contributed by atoms with Crippen LogP contribution in [0.1, 0.15) is 35.2 Å². The van der Waals surface area contributed by atoms with E-state index in [9.17, 15) is 23.5 Å². The van der Waals surface area contributed by atoms with Crippen LogP contribution in [0.5, 0.6) is 0 Å². The Kier molecular flexibility index (Phi) is 7.60. The first-order chi connectivity index (χ1) is 10.8. The zero-order chi connectivity index (χ0) is 17.5. The van der Waals surface area contributed by atoms with Gasteiger partial charge in [-0.05, 0) is 72.0 Å². The Morgan fingerprint density at radius 3 is 2.65 bits per heavy atom. The predicted molar refractivity (Wildman–Crippen MR) is 87.1 cm³/mol. The number of methoxy groups -OCH3 is 1. The van der Waals surface area contributed by atoms with Gasteiger partial charge < -0.3 is 14.6 Å². The Morgan fingerprint density at radius 1 is 1.35 bits per heavy atom. The van der Waals surface area contributed by atoms with Crippen LogP contribution in [-0.2, 0) is 16.0 Å². The number of hydrogen-bond donors (Lipinski definition) is 0. The van der Waals surface area contributed by atoms with Crippen LogP contribution in [-0.4, -0.2) is 25.0 Å². The van der Waals surface area contributed by atoms with Crippen molar-refractivity contribution in [1.82, 2.24) is 0 Å². The Labute approximate surface area is 146 Å². The Bertz CT molecular complexity index is 600. The van der Waals surface area contributed by atoms with Gasteiger partial charge in [0.25, 0.3) is 0 Å². The molecule has 0 unspecified atom stereocenters. The van der Waals surface area contributed by atoms with Crippen LogP contribution in [0.25, 0.3) is 0 Å². The van der Waals surface area contributed by atoms with Crippen LogP contribution in [0.3, 0.4) is 0 Å². The molecular weight excluding hydrogens is 421 g/mol. The standard InChI is InChI=1S/C16H17F2IO4/c1-23-15(22)16(17,18)9-5-3-2-4-6-11-7-8-12(19)10-13(11)14(20)21/h5,7-10H,2-4,6H2,1H3,(H,20,21)/p-1. The van der Waals surface area contributed by atoms with E-state index in [1.165, 1.54) is 6.08 Å². The van der Waals surface area contributed by atoms with Crippen molar-refractivity contribution in [3.63, 3.8) is 0 Å². The maximum Gasteiger partial charge on any atom is 0.381 e. The molecule has 4 nitrogen and oxygen atoms in total. The van der Waals surface area contributed by atoms with Crippen LogP contribution >= 0.6 is 22.6 Å². The minimum atomic E-state index is -3.62. The summed E-state index contributed by atoms with van der Waals surface area (Å²) in [5.74, 6) is -6.44. The minimum absolute atomic E-state index is 0.157. The van der Waals surface area contributed by atoms with Crippen molar-refractivity contribution in [3.05, 3.63) is 45.0 Å². The summed E-state index contributed by atoms with van der Waals surface area (Å²) in [6.07, 6.45) is 3.85. The van der Waals surface area contributed by atoms with Gasteiger partial charge in [-0.1, -0.05) is 12.1 Å². The molecule has 0 saturated carbocycles. The fourth-order valence-electron chi connectivity index (χ4n) is 1.97. The molecule has 1 aromatic carbocycles. The summed E-state index contributed by atoms with van der Waals surface area (Å²) < 4.78 is 31.1. The first-order valence-corrected chi connectivity index (χ1v) is 7.99. The van der Waals surface area contributed by atoms with E-state index in [2.05, 4.69) is 4.74 Å². The third kappa shape index (κ3) is 6.25. The summed E-state index contributed by atoms with van der Waals surface area (Å²) in [4.78, 5) is 21.8. The van der Waals surface area contributed by atoms with Crippen molar-refractivity contribution < 1.29 is 28.2 Å². The van der Waals surface area contributed by atoms with Gasteiger partial charge >= 0.3 is 11.9 Å². The second-order valence-electron chi connectivity index (χ2n) is 4.85. The lowest BCUT2D eigenvalue weighted by molar-refractivity contribution is -0.255. The monoisotopic (exact) mass is 437 g/mol. The molecule has 0 aliphatic rings. The smallest absolute Gasteiger partial charge is 0.381 e. The van der Waals surface area contributed by atoms with Crippen molar-refractivity contribution in [2.75, 3.05) is 7.11 Å². The fourth-order valence-corrected chi connectivity index (χ4v) is 2.46. The van der Waals surface area contributed by atoms with E-state index in [1.807, 2.05) is 22.6 Å². The van der Waals surface area contributed by atoms with Gasteiger partial charge in [0, 0.05) is 9.13 Å². The summed E-state index contributed by atoms with van der Waals surface area (Å²) >= 11 is 2.02. The first kappa shape index (κ1) is 19.5. The predicted octanol–water partition coefficient (Wildman–Crippen LogP) is 2.73. The molecular formula is C16H16F2IO4-. The number of allylic oxidation sites excluding steroid dienone is 1. The van der Waals surface area contributed by atoms with Crippen LogP contribution in [0, 0.1) is 3.57 Å². The molecule has 126 valence electrons. The van der Waals surface area contributed by atoms with Crippen molar-refractivity contribution >= 4 is 34.5 Å². The van der Waals surface area contributed by atoms with E-state index in [4.69, 9.17) is 0 Å². The van der Waals surface area contributed by atoms with Crippen molar-refractivity contribution in [2.24, 2.45) is 0 Å². The highest BCUT2D eigenvalue weighted by Crippen LogP contribution is 2.19. The Hall–Kier alpha value is -1.51. The number of aryl methyl sites for hydroxylation is 1. The lowest BCUT2D eigenvalue weighted by atomic mass is 10.0. The highest BCUT2D eigenvalue weighted by Gasteiger charge is 2.36. The van der Waals surface area contributed by atoms with Gasteiger partial charge in [0.15, 0.2) is 0 Å². The van der Waals surface area contributed by atoms with Crippen LogP contribution in [0.15, 0.2) is 30.4 Å². The lowest BCUT2D eigenvalue weighted by Gasteiger charge is -2.11. The first-order valence-electron chi connectivity index (χ1n) is 6.91. The summed E-state index contributed by atoms with van der Waals surface area (Å²) in [5, 5.41) is 11.1. The number of carboxylic acids is 1. The van der Waals surface area contributed by atoms with Gasteiger partial charge in [-0.2, -0.15) is 8.78 Å². The van der Waals surface area contributed by atoms with Crippen LogP contribution in [0.4, 0.5) is 8.78 Å². The van der Waals surface area contributed by atoms with E-state index in [-0.39, 0.29) is 5.56 Å². The summed E-state index contributed by atoms with van der Waals surface area (Å²) in [7, 11) is 0.903. The molecule has 1 rings (SSSR count). The van der Waals surface area contributed by atoms with Gasteiger partial charge in [0.05, 0.1) is 13.1 Å². The number of rotatable bonds is 8. The molecule has 0 spiro atoms. The van der Waals surface area contributed by atoms with E-state index in [0.717, 1.165) is 10.7 Å². The van der Waals surface area contributed by atoms with E-state index in [1.54, 1.807) is 18.2 Å². The number of alkyl halides is 2. The highest BCUT2D eigenvalue weighted by atomic mass is 127. The highest BCUT2D eigenvalue weighted by molar-refractivity contribution is 14.1. The fraction of sp³-hybridized carbons (Fsp3) is 0.375. The Balaban J connectivity index is 2.47. The number of hydrogen-bond acceptors (Lipinski definition) is 4. The SMILES string of the molecule is COC(=O)C(F)(F)C=CCCCCc1ccc(I)cc1C(=O)[O-]. The number of halogens is 3. The molecule has 1 aromatic rings. The van der Waals surface area contributed by atoms with Gasteiger partial charge in [-0.25, -0.2) is 4.79 Å². The molecule has 0 aromatic heterocycles. The number of carbonyl (C=O) groups is 2. The topological polar surface area (TPSA) is 66.4 Å². The molecule has 0 aliphatic carbocycles. The molecule has 0 amide bonds. The molecule has 0 bridgehead atoms. The Morgan fingerprint density at radius 2 is 2.04 bits per heavy atom. The van der Waals surface area contributed by atoms with Crippen molar-refractivity contribution in [1.29, 1.82) is 0 Å². The largest absolute Gasteiger partial charge is 0.545 e. The lowest BCUT2D eigenvalue weighted by Crippen LogP contribution is -2.27. The number of benzene rings is 1. The van der Waals surface area contributed by atoms with Gasteiger partial charge in [0.2, 0.25) is 0 Å². The van der Waals surface area contributed by atoms with E-state index in [0.29, 0.717) is 37.3 Å². The van der Waals surface area contributed by atoms with Gasteiger partial charge in [-0.15, -0.1) is 0 Å². The molecule has 0 saturated heterocycles. The van der Waals surface area contributed by atoms with Crippen molar-refractivity contribution in [3.8, 4) is 0 Å². The second-order valence-corrected chi connectivity index (χ2v) is 6.10. The van der Waals surface area contributed by atoms with Crippen molar-refractivity contribution in [2.45, 2.75) is 31.6 Å².